The average molecular weight is 232 g/mol. The third-order valence-corrected chi connectivity index (χ3v) is 3.48. The fourth-order valence-electron chi connectivity index (χ4n) is 2.42. The van der Waals surface area contributed by atoms with Crippen LogP contribution in [-0.2, 0) is 6.42 Å². The van der Waals surface area contributed by atoms with Crippen LogP contribution in [0.1, 0.15) is 76.3 Å². The smallest absolute Gasteiger partial charge is 0.0216 e. The summed E-state index contributed by atoms with van der Waals surface area (Å²) in [6.07, 6.45) is 9.60. The SMILES string of the molecule is CCCCCCCCc1ccccc1C(C)C. The molecule has 0 spiro atoms. The zero-order chi connectivity index (χ0) is 12.5. The van der Waals surface area contributed by atoms with Gasteiger partial charge < -0.3 is 0 Å². The lowest BCUT2D eigenvalue weighted by Crippen LogP contribution is -1.96. The van der Waals surface area contributed by atoms with Crippen LogP contribution in [-0.4, -0.2) is 0 Å². The van der Waals surface area contributed by atoms with Crippen LogP contribution in [0.2, 0.25) is 0 Å². The summed E-state index contributed by atoms with van der Waals surface area (Å²) in [5, 5.41) is 0. The summed E-state index contributed by atoms with van der Waals surface area (Å²) in [5.41, 5.74) is 3.11. The fraction of sp³-hybridized carbons (Fsp3) is 0.647. The highest BCUT2D eigenvalue weighted by atomic mass is 14.1. The zero-order valence-corrected chi connectivity index (χ0v) is 11.8. The van der Waals surface area contributed by atoms with Crippen LogP contribution < -0.4 is 0 Å². The Morgan fingerprint density at radius 3 is 2.24 bits per heavy atom. The maximum atomic E-state index is 2.31. The molecule has 0 saturated carbocycles. The van der Waals surface area contributed by atoms with Crippen LogP contribution in [0.25, 0.3) is 0 Å². The molecule has 96 valence electrons. The lowest BCUT2D eigenvalue weighted by atomic mass is 9.94. The van der Waals surface area contributed by atoms with Crippen molar-refractivity contribution in [1.29, 1.82) is 0 Å². The predicted molar refractivity (Wildman–Crippen MR) is 77.6 cm³/mol. The molecule has 0 N–H and O–H groups in total. The van der Waals surface area contributed by atoms with Crippen LogP contribution in [0.3, 0.4) is 0 Å². The van der Waals surface area contributed by atoms with Gasteiger partial charge in [0.1, 0.15) is 0 Å². The molecule has 0 unspecified atom stereocenters. The van der Waals surface area contributed by atoms with Crippen molar-refractivity contribution in [3.8, 4) is 0 Å². The Bertz CT molecular complexity index is 299. The van der Waals surface area contributed by atoms with Gasteiger partial charge in [-0.25, -0.2) is 0 Å². The Balaban J connectivity index is 2.31. The van der Waals surface area contributed by atoms with Gasteiger partial charge >= 0.3 is 0 Å². The Morgan fingerprint density at radius 2 is 1.53 bits per heavy atom. The van der Waals surface area contributed by atoms with E-state index in [0.29, 0.717) is 5.92 Å². The molecule has 0 saturated heterocycles. The molecule has 0 atom stereocenters. The standard InChI is InChI=1S/C17H28/c1-4-5-6-7-8-9-12-16-13-10-11-14-17(16)15(2)3/h10-11,13-15H,4-9,12H2,1-3H3. The molecule has 0 aliphatic rings. The zero-order valence-electron chi connectivity index (χ0n) is 11.8. The highest BCUT2D eigenvalue weighted by Crippen LogP contribution is 2.21. The van der Waals surface area contributed by atoms with Crippen molar-refractivity contribution in [1.82, 2.24) is 0 Å². The van der Waals surface area contributed by atoms with Gasteiger partial charge in [-0.2, -0.15) is 0 Å². The van der Waals surface area contributed by atoms with Crippen LogP contribution in [0.5, 0.6) is 0 Å². The molecule has 0 amide bonds. The first-order chi connectivity index (χ1) is 8.25. The summed E-state index contributed by atoms with van der Waals surface area (Å²) in [6, 6.07) is 8.94. The first-order valence-electron chi connectivity index (χ1n) is 7.33. The van der Waals surface area contributed by atoms with Crippen molar-refractivity contribution in [3.05, 3.63) is 35.4 Å². The van der Waals surface area contributed by atoms with E-state index in [2.05, 4.69) is 45.0 Å². The summed E-state index contributed by atoms with van der Waals surface area (Å²) in [5.74, 6) is 0.659. The van der Waals surface area contributed by atoms with Crippen molar-refractivity contribution in [2.24, 2.45) is 0 Å². The van der Waals surface area contributed by atoms with Gasteiger partial charge in [-0.15, -0.1) is 0 Å². The Labute approximate surface area is 107 Å². The number of hydrogen-bond donors (Lipinski definition) is 0. The molecule has 0 radical (unpaired) electrons. The monoisotopic (exact) mass is 232 g/mol. The third kappa shape index (κ3) is 5.39. The van der Waals surface area contributed by atoms with Crippen LogP contribution in [0.4, 0.5) is 0 Å². The van der Waals surface area contributed by atoms with Crippen molar-refractivity contribution in [3.63, 3.8) is 0 Å². The summed E-state index contributed by atoms with van der Waals surface area (Å²) >= 11 is 0. The fourth-order valence-corrected chi connectivity index (χ4v) is 2.42. The van der Waals surface area contributed by atoms with Gasteiger partial charge in [-0.1, -0.05) is 77.1 Å². The summed E-state index contributed by atoms with van der Waals surface area (Å²) in [6.45, 7) is 6.86. The highest BCUT2D eigenvalue weighted by molar-refractivity contribution is 5.29. The topological polar surface area (TPSA) is 0 Å². The Morgan fingerprint density at radius 1 is 0.882 bits per heavy atom. The first kappa shape index (κ1) is 14.3. The first-order valence-corrected chi connectivity index (χ1v) is 7.33. The van der Waals surface area contributed by atoms with Gasteiger partial charge in [0.25, 0.3) is 0 Å². The van der Waals surface area contributed by atoms with E-state index in [1.165, 1.54) is 44.9 Å². The van der Waals surface area contributed by atoms with Crippen molar-refractivity contribution in [2.45, 2.75) is 71.6 Å². The number of aryl methyl sites for hydroxylation is 1. The van der Waals surface area contributed by atoms with E-state index in [1.807, 2.05) is 0 Å². The van der Waals surface area contributed by atoms with Crippen molar-refractivity contribution < 1.29 is 0 Å². The van der Waals surface area contributed by atoms with E-state index in [0.717, 1.165) is 0 Å². The molecular weight excluding hydrogens is 204 g/mol. The minimum atomic E-state index is 0.659. The van der Waals surface area contributed by atoms with Gasteiger partial charge in [-0.05, 0) is 29.9 Å². The van der Waals surface area contributed by atoms with Crippen LogP contribution in [0.15, 0.2) is 24.3 Å². The van der Waals surface area contributed by atoms with Crippen molar-refractivity contribution >= 4 is 0 Å². The summed E-state index contributed by atoms with van der Waals surface area (Å²) in [7, 11) is 0. The normalized spacial score (nSPS) is 11.1. The quantitative estimate of drug-likeness (QED) is 0.503. The minimum absolute atomic E-state index is 0.659. The largest absolute Gasteiger partial charge is 0.0654 e. The molecule has 1 rings (SSSR count). The molecule has 0 fully saturated rings. The summed E-state index contributed by atoms with van der Waals surface area (Å²) < 4.78 is 0. The van der Waals surface area contributed by atoms with Crippen LogP contribution >= 0.6 is 0 Å². The molecule has 0 aromatic heterocycles. The average Bonchev–Trinajstić information content (AvgIpc) is 2.34. The van der Waals surface area contributed by atoms with E-state index < -0.39 is 0 Å². The van der Waals surface area contributed by atoms with Gasteiger partial charge in [0, 0.05) is 0 Å². The molecule has 1 aromatic rings. The molecule has 1 aromatic carbocycles. The van der Waals surface area contributed by atoms with Gasteiger partial charge in [0.15, 0.2) is 0 Å². The summed E-state index contributed by atoms with van der Waals surface area (Å²) in [4.78, 5) is 0. The lowest BCUT2D eigenvalue weighted by molar-refractivity contribution is 0.605. The molecule has 0 aliphatic heterocycles. The Kier molecular flexibility index (Phi) is 7.00. The lowest BCUT2D eigenvalue weighted by Gasteiger charge is -2.12. The molecule has 17 heavy (non-hydrogen) atoms. The second kappa shape index (κ2) is 8.33. The van der Waals surface area contributed by atoms with E-state index >= 15 is 0 Å². The molecule has 0 bridgehead atoms. The molecule has 0 heterocycles. The third-order valence-electron chi connectivity index (χ3n) is 3.48. The maximum absolute atomic E-state index is 2.31. The number of hydrogen-bond acceptors (Lipinski definition) is 0. The van der Waals surface area contributed by atoms with Gasteiger partial charge in [0.2, 0.25) is 0 Å². The van der Waals surface area contributed by atoms with E-state index in [9.17, 15) is 0 Å². The number of benzene rings is 1. The molecule has 0 heteroatoms. The Hall–Kier alpha value is -0.780. The highest BCUT2D eigenvalue weighted by Gasteiger charge is 2.04. The van der Waals surface area contributed by atoms with E-state index in [4.69, 9.17) is 0 Å². The minimum Gasteiger partial charge on any atom is -0.0654 e. The van der Waals surface area contributed by atoms with Crippen molar-refractivity contribution in [2.75, 3.05) is 0 Å². The molecule has 0 nitrogen and oxygen atoms in total. The number of unbranched alkanes of at least 4 members (excludes halogenated alkanes) is 5. The van der Waals surface area contributed by atoms with E-state index in [1.54, 1.807) is 11.1 Å². The van der Waals surface area contributed by atoms with Gasteiger partial charge in [0.05, 0.1) is 0 Å². The van der Waals surface area contributed by atoms with Crippen LogP contribution in [0, 0.1) is 0 Å². The second-order valence-electron chi connectivity index (χ2n) is 5.37. The molecular formula is C17H28. The maximum Gasteiger partial charge on any atom is -0.0216 e. The van der Waals surface area contributed by atoms with Gasteiger partial charge in [-0.3, -0.25) is 0 Å². The molecule has 0 aliphatic carbocycles. The second-order valence-corrected chi connectivity index (χ2v) is 5.37. The number of rotatable bonds is 8. The predicted octanol–water partition coefficient (Wildman–Crippen LogP) is 5.71. The van der Waals surface area contributed by atoms with E-state index in [-0.39, 0.29) is 0 Å².